The van der Waals surface area contributed by atoms with Crippen LogP contribution in [0.15, 0.2) is 36.7 Å². The van der Waals surface area contributed by atoms with E-state index in [1.54, 1.807) is 0 Å². The van der Waals surface area contributed by atoms with Crippen LogP contribution < -0.4 is 10.6 Å². The Balaban J connectivity index is 1.96. The minimum absolute atomic E-state index is 0.712. The van der Waals surface area contributed by atoms with Crippen molar-refractivity contribution in [1.82, 2.24) is 14.9 Å². The highest BCUT2D eigenvalue weighted by Crippen LogP contribution is 2.18. The van der Waals surface area contributed by atoms with Gasteiger partial charge in [0.2, 0.25) is 0 Å². The number of likely N-dealkylation sites (N-methyl/N-ethyl adjacent to an activating group) is 1. The van der Waals surface area contributed by atoms with E-state index in [-0.39, 0.29) is 0 Å². The molecule has 6 heteroatoms. The van der Waals surface area contributed by atoms with Gasteiger partial charge in [-0.25, -0.2) is 9.97 Å². The smallest absolute Gasteiger partial charge is 0.135 e. The number of anilines is 3. The molecule has 20 heavy (non-hydrogen) atoms. The molecule has 0 fully saturated rings. The number of rotatable bonds is 6. The number of hydrogen-bond donors (Lipinski definition) is 2. The Labute approximate surface area is 124 Å². The number of halogens is 1. The molecule has 0 saturated carbocycles. The predicted molar refractivity (Wildman–Crippen MR) is 83.8 cm³/mol. The zero-order valence-corrected chi connectivity index (χ0v) is 12.4. The lowest BCUT2D eigenvalue weighted by Crippen LogP contribution is -2.21. The highest BCUT2D eigenvalue weighted by molar-refractivity contribution is 6.30. The van der Waals surface area contributed by atoms with Crippen LogP contribution in [0.3, 0.4) is 0 Å². The summed E-state index contributed by atoms with van der Waals surface area (Å²) in [5.74, 6) is 1.55. The molecule has 1 aromatic heterocycles. The summed E-state index contributed by atoms with van der Waals surface area (Å²) in [4.78, 5) is 10.5. The molecule has 0 spiro atoms. The molecule has 1 aromatic carbocycles. The van der Waals surface area contributed by atoms with E-state index in [0.29, 0.717) is 5.02 Å². The van der Waals surface area contributed by atoms with Gasteiger partial charge in [-0.2, -0.15) is 0 Å². The van der Waals surface area contributed by atoms with Gasteiger partial charge in [0.25, 0.3) is 0 Å². The second-order valence-electron chi connectivity index (χ2n) is 4.65. The maximum Gasteiger partial charge on any atom is 0.135 e. The van der Waals surface area contributed by atoms with E-state index < -0.39 is 0 Å². The molecule has 2 N–H and O–H groups in total. The van der Waals surface area contributed by atoms with Crippen molar-refractivity contribution in [2.75, 3.05) is 37.8 Å². The second kappa shape index (κ2) is 7.07. The number of aromatic nitrogens is 2. The Bertz CT molecular complexity index is 542. The lowest BCUT2D eigenvalue weighted by Gasteiger charge is -2.11. The van der Waals surface area contributed by atoms with Gasteiger partial charge in [-0.05, 0) is 38.4 Å². The average Bonchev–Trinajstić information content (AvgIpc) is 2.41. The molecule has 1 heterocycles. The Morgan fingerprint density at radius 3 is 2.50 bits per heavy atom. The van der Waals surface area contributed by atoms with Crippen LogP contribution >= 0.6 is 11.6 Å². The molecule has 0 aliphatic carbocycles. The summed E-state index contributed by atoms with van der Waals surface area (Å²) >= 11 is 5.86. The summed E-state index contributed by atoms with van der Waals surface area (Å²) < 4.78 is 0. The third-order valence-electron chi connectivity index (χ3n) is 2.65. The van der Waals surface area contributed by atoms with Crippen LogP contribution in [0.2, 0.25) is 5.02 Å². The summed E-state index contributed by atoms with van der Waals surface area (Å²) in [5.41, 5.74) is 0.937. The largest absolute Gasteiger partial charge is 0.369 e. The third-order valence-corrected chi connectivity index (χ3v) is 2.90. The molecule has 0 unspecified atom stereocenters. The summed E-state index contributed by atoms with van der Waals surface area (Å²) in [6, 6.07) is 9.36. The van der Waals surface area contributed by atoms with Crippen LogP contribution in [0.4, 0.5) is 17.3 Å². The van der Waals surface area contributed by atoms with Crippen LogP contribution in [0, 0.1) is 0 Å². The Morgan fingerprint density at radius 2 is 1.80 bits per heavy atom. The fourth-order valence-electron chi connectivity index (χ4n) is 1.61. The standard InChI is InChI=1S/C14H18ClN5/c1-20(2)8-7-16-13-9-14(18-10-17-13)19-12-5-3-11(15)4-6-12/h3-6,9-10H,7-8H2,1-2H3,(H2,16,17,18,19). The first-order chi connectivity index (χ1) is 9.63. The second-order valence-corrected chi connectivity index (χ2v) is 5.09. The van der Waals surface area contributed by atoms with Crippen molar-refractivity contribution >= 4 is 28.9 Å². The molecule has 0 aliphatic heterocycles. The van der Waals surface area contributed by atoms with Crippen molar-refractivity contribution in [3.63, 3.8) is 0 Å². The van der Waals surface area contributed by atoms with E-state index in [0.717, 1.165) is 30.4 Å². The topological polar surface area (TPSA) is 53.1 Å². The fraction of sp³-hybridized carbons (Fsp3) is 0.286. The molecule has 2 aromatic rings. The van der Waals surface area contributed by atoms with Crippen molar-refractivity contribution in [1.29, 1.82) is 0 Å². The van der Waals surface area contributed by atoms with Gasteiger partial charge in [0.05, 0.1) is 0 Å². The maximum atomic E-state index is 5.86. The molecule has 2 rings (SSSR count). The van der Waals surface area contributed by atoms with E-state index in [9.17, 15) is 0 Å². The molecule has 106 valence electrons. The number of nitrogens with one attached hydrogen (secondary N) is 2. The van der Waals surface area contributed by atoms with Crippen LogP contribution in [0.1, 0.15) is 0 Å². The molecule has 0 amide bonds. The van der Waals surface area contributed by atoms with Crippen LogP contribution in [0.25, 0.3) is 0 Å². The minimum atomic E-state index is 0.712. The van der Waals surface area contributed by atoms with E-state index in [4.69, 9.17) is 11.6 Å². The lowest BCUT2D eigenvalue weighted by atomic mass is 10.3. The highest BCUT2D eigenvalue weighted by atomic mass is 35.5. The summed E-state index contributed by atoms with van der Waals surface area (Å²) in [5, 5.41) is 7.18. The van der Waals surface area contributed by atoms with Crippen molar-refractivity contribution in [3.8, 4) is 0 Å². The molecular formula is C14H18ClN5. The van der Waals surface area contributed by atoms with Crippen LogP contribution in [-0.2, 0) is 0 Å². The Morgan fingerprint density at radius 1 is 1.10 bits per heavy atom. The average molecular weight is 292 g/mol. The molecular weight excluding hydrogens is 274 g/mol. The van der Waals surface area contributed by atoms with Gasteiger partial charge in [0, 0.05) is 29.9 Å². The van der Waals surface area contributed by atoms with Crippen LogP contribution in [0.5, 0.6) is 0 Å². The molecule has 0 saturated heterocycles. The third kappa shape index (κ3) is 4.68. The van der Waals surface area contributed by atoms with Gasteiger partial charge in [0.15, 0.2) is 0 Å². The van der Waals surface area contributed by atoms with E-state index in [1.807, 2.05) is 44.4 Å². The van der Waals surface area contributed by atoms with Gasteiger partial charge in [-0.15, -0.1) is 0 Å². The molecule has 5 nitrogen and oxygen atoms in total. The quantitative estimate of drug-likeness (QED) is 0.857. The highest BCUT2D eigenvalue weighted by Gasteiger charge is 2.00. The normalized spacial score (nSPS) is 10.6. The van der Waals surface area contributed by atoms with E-state index in [2.05, 4.69) is 25.5 Å². The first-order valence-corrected chi connectivity index (χ1v) is 6.74. The first kappa shape index (κ1) is 14.6. The molecule has 0 atom stereocenters. The summed E-state index contributed by atoms with van der Waals surface area (Å²) in [6.45, 7) is 1.79. The summed E-state index contributed by atoms with van der Waals surface area (Å²) in [6.07, 6.45) is 1.54. The molecule has 0 radical (unpaired) electrons. The molecule has 0 bridgehead atoms. The van der Waals surface area contributed by atoms with Gasteiger partial charge in [-0.3, -0.25) is 0 Å². The Hall–Kier alpha value is -1.85. The van der Waals surface area contributed by atoms with Crippen molar-refractivity contribution in [2.45, 2.75) is 0 Å². The van der Waals surface area contributed by atoms with Gasteiger partial charge >= 0.3 is 0 Å². The SMILES string of the molecule is CN(C)CCNc1cc(Nc2ccc(Cl)cc2)ncn1. The van der Waals surface area contributed by atoms with E-state index >= 15 is 0 Å². The lowest BCUT2D eigenvalue weighted by molar-refractivity contribution is 0.425. The zero-order valence-electron chi connectivity index (χ0n) is 11.6. The maximum absolute atomic E-state index is 5.86. The van der Waals surface area contributed by atoms with Crippen molar-refractivity contribution < 1.29 is 0 Å². The monoisotopic (exact) mass is 291 g/mol. The van der Waals surface area contributed by atoms with Gasteiger partial charge in [-0.1, -0.05) is 11.6 Å². The van der Waals surface area contributed by atoms with Crippen LogP contribution in [-0.4, -0.2) is 42.1 Å². The number of benzene rings is 1. The minimum Gasteiger partial charge on any atom is -0.369 e. The fourth-order valence-corrected chi connectivity index (χ4v) is 1.74. The number of hydrogen-bond acceptors (Lipinski definition) is 5. The molecule has 0 aliphatic rings. The van der Waals surface area contributed by atoms with Gasteiger partial charge in [0.1, 0.15) is 18.0 Å². The first-order valence-electron chi connectivity index (χ1n) is 6.37. The summed E-state index contributed by atoms with van der Waals surface area (Å²) in [7, 11) is 4.07. The predicted octanol–water partition coefficient (Wildman–Crippen LogP) is 2.85. The van der Waals surface area contributed by atoms with E-state index in [1.165, 1.54) is 6.33 Å². The van der Waals surface area contributed by atoms with Gasteiger partial charge < -0.3 is 15.5 Å². The Kier molecular flexibility index (Phi) is 5.15. The van der Waals surface area contributed by atoms with Crippen molar-refractivity contribution in [2.24, 2.45) is 0 Å². The zero-order chi connectivity index (χ0) is 14.4. The van der Waals surface area contributed by atoms with Crippen molar-refractivity contribution in [3.05, 3.63) is 41.7 Å². The number of nitrogens with zero attached hydrogens (tertiary/aromatic N) is 3.